The fourth-order valence-corrected chi connectivity index (χ4v) is 4.81. The zero-order valence-corrected chi connectivity index (χ0v) is 21.9. The van der Waals surface area contributed by atoms with E-state index in [0.29, 0.717) is 12.8 Å². The van der Waals surface area contributed by atoms with Gasteiger partial charge in [-0.1, -0.05) is 139 Å². The number of carboxylic acids is 1. The molecule has 0 aromatic heterocycles. The number of carbonyl (C=O) groups excluding carboxylic acids is 1. The molecule has 2 aromatic carbocycles. The lowest BCUT2D eigenvalue weighted by atomic mass is 9.98. The van der Waals surface area contributed by atoms with E-state index in [1.54, 1.807) is 0 Å². The Morgan fingerprint density at radius 2 is 1.23 bits per heavy atom. The van der Waals surface area contributed by atoms with E-state index in [2.05, 4.69) is 12.2 Å². The first-order valence-corrected chi connectivity index (χ1v) is 14.1. The third-order valence-corrected chi connectivity index (χ3v) is 6.94. The monoisotopic (exact) mass is 481 g/mol. The predicted octanol–water partition coefficient (Wildman–Crippen LogP) is 8.21. The van der Waals surface area contributed by atoms with Gasteiger partial charge in [-0.05, 0) is 22.8 Å². The molecule has 0 fully saturated rings. The number of carboxylic acid groups (broad SMARTS) is 1. The molecule has 4 heteroatoms. The van der Waals surface area contributed by atoms with E-state index in [4.69, 9.17) is 0 Å². The van der Waals surface area contributed by atoms with Gasteiger partial charge in [0.1, 0.15) is 6.04 Å². The molecule has 0 spiro atoms. The zero-order chi connectivity index (χ0) is 25.1. The van der Waals surface area contributed by atoms with E-state index in [1.807, 2.05) is 42.5 Å². The molecular formula is C31H47NO3. The van der Waals surface area contributed by atoms with Crippen LogP contribution < -0.4 is 5.32 Å². The summed E-state index contributed by atoms with van der Waals surface area (Å²) in [6, 6.07) is 12.9. The van der Waals surface area contributed by atoms with Gasteiger partial charge in [0.25, 0.3) is 0 Å². The molecule has 0 unspecified atom stereocenters. The minimum Gasteiger partial charge on any atom is -0.480 e. The molecule has 2 N–H and O–H groups in total. The molecule has 35 heavy (non-hydrogen) atoms. The summed E-state index contributed by atoms with van der Waals surface area (Å²) in [5, 5.41) is 14.5. The summed E-state index contributed by atoms with van der Waals surface area (Å²) >= 11 is 0. The topological polar surface area (TPSA) is 66.4 Å². The van der Waals surface area contributed by atoms with Gasteiger partial charge in [-0.3, -0.25) is 4.79 Å². The summed E-state index contributed by atoms with van der Waals surface area (Å²) in [5.41, 5.74) is 0.947. The first-order chi connectivity index (χ1) is 17.1. The van der Waals surface area contributed by atoms with Crippen LogP contribution in [-0.4, -0.2) is 23.0 Å². The second kappa shape index (κ2) is 18.0. The van der Waals surface area contributed by atoms with Gasteiger partial charge in [-0.15, -0.1) is 0 Å². The van der Waals surface area contributed by atoms with Crippen molar-refractivity contribution in [3.63, 3.8) is 0 Å². The van der Waals surface area contributed by atoms with E-state index >= 15 is 0 Å². The highest BCUT2D eigenvalue weighted by Crippen LogP contribution is 2.20. The smallest absolute Gasteiger partial charge is 0.326 e. The Kier molecular flexibility index (Phi) is 14.8. The number of benzene rings is 2. The van der Waals surface area contributed by atoms with Crippen LogP contribution in [0.15, 0.2) is 42.5 Å². The predicted molar refractivity (Wildman–Crippen MR) is 147 cm³/mol. The lowest BCUT2D eigenvalue weighted by molar-refractivity contribution is -0.141. The normalized spacial score (nSPS) is 12.0. The lowest BCUT2D eigenvalue weighted by Gasteiger charge is -2.16. The minimum absolute atomic E-state index is 0.160. The van der Waals surface area contributed by atoms with Crippen molar-refractivity contribution in [2.24, 2.45) is 0 Å². The Bertz CT molecular complexity index is 858. The number of fused-ring (bicyclic) bond motifs is 1. The van der Waals surface area contributed by atoms with E-state index in [-0.39, 0.29) is 5.91 Å². The van der Waals surface area contributed by atoms with Crippen molar-refractivity contribution in [3.8, 4) is 0 Å². The van der Waals surface area contributed by atoms with E-state index < -0.39 is 12.0 Å². The van der Waals surface area contributed by atoms with Crippen LogP contribution in [0.3, 0.4) is 0 Å². The van der Waals surface area contributed by atoms with Crippen LogP contribution in [0.5, 0.6) is 0 Å². The number of nitrogens with one attached hydrogen (secondary N) is 1. The maximum atomic E-state index is 12.4. The van der Waals surface area contributed by atoms with Gasteiger partial charge in [0.15, 0.2) is 0 Å². The van der Waals surface area contributed by atoms with Crippen LogP contribution in [0, 0.1) is 0 Å². The van der Waals surface area contributed by atoms with Gasteiger partial charge < -0.3 is 10.4 Å². The number of unbranched alkanes of at least 4 members (excludes halogenated alkanes) is 14. The molecule has 2 aromatic rings. The fourth-order valence-electron chi connectivity index (χ4n) is 4.81. The summed E-state index contributed by atoms with van der Waals surface area (Å²) < 4.78 is 0. The molecule has 1 atom stereocenters. The van der Waals surface area contributed by atoms with Crippen molar-refractivity contribution in [3.05, 3.63) is 48.0 Å². The number of amides is 1. The van der Waals surface area contributed by atoms with Crippen molar-refractivity contribution < 1.29 is 14.7 Å². The largest absolute Gasteiger partial charge is 0.480 e. The average Bonchev–Trinajstić information content (AvgIpc) is 2.86. The summed E-state index contributed by atoms with van der Waals surface area (Å²) in [7, 11) is 0. The molecule has 1 amide bonds. The first-order valence-electron chi connectivity index (χ1n) is 14.1. The van der Waals surface area contributed by atoms with Crippen molar-refractivity contribution >= 4 is 22.6 Å². The highest BCUT2D eigenvalue weighted by molar-refractivity contribution is 5.88. The Labute approximate surface area is 212 Å². The maximum absolute atomic E-state index is 12.4. The minimum atomic E-state index is -0.984. The Morgan fingerprint density at radius 3 is 1.80 bits per heavy atom. The molecule has 0 aliphatic rings. The zero-order valence-electron chi connectivity index (χ0n) is 21.9. The van der Waals surface area contributed by atoms with Crippen molar-refractivity contribution in [2.75, 3.05) is 0 Å². The summed E-state index contributed by atoms with van der Waals surface area (Å²) in [6.45, 7) is 2.27. The standard InChI is InChI=1S/C31H47NO3/c1-2-3-4-5-6-7-8-9-10-11-12-13-14-15-16-24-30(33)32-29(31(34)35)25-27-22-19-21-26-20-17-18-23-28(26)27/h17-23,29H,2-16,24-25H2,1H3,(H,32,33)(H,34,35)/t29-/m0/s1. The highest BCUT2D eigenvalue weighted by Gasteiger charge is 2.21. The van der Waals surface area contributed by atoms with Crippen LogP contribution in [0.1, 0.15) is 115 Å². The third kappa shape index (κ3) is 12.2. The number of aliphatic carboxylic acids is 1. The van der Waals surface area contributed by atoms with Crippen molar-refractivity contribution in [1.82, 2.24) is 5.32 Å². The van der Waals surface area contributed by atoms with Crippen LogP contribution in [-0.2, 0) is 16.0 Å². The van der Waals surface area contributed by atoms with Crippen LogP contribution in [0.2, 0.25) is 0 Å². The quantitative estimate of drug-likeness (QED) is 0.187. The molecule has 0 bridgehead atoms. The Balaban J connectivity index is 1.52. The van der Waals surface area contributed by atoms with Gasteiger partial charge in [0.2, 0.25) is 5.91 Å². The Morgan fingerprint density at radius 1 is 0.714 bits per heavy atom. The third-order valence-electron chi connectivity index (χ3n) is 6.94. The molecule has 0 saturated heterocycles. The molecule has 0 aliphatic carbocycles. The average molecular weight is 482 g/mol. The van der Waals surface area contributed by atoms with Crippen LogP contribution in [0.4, 0.5) is 0 Å². The summed E-state index contributed by atoms with van der Waals surface area (Å²) in [4.78, 5) is 24.1. The Hall–Kier alpha value is -2.36. The van der Waals surface area contributed by atoms with Gasteiger partial charge in [-0.2, -0.15) is 0 Å². The summed E-state index contributed by atoms with van der Waals surface area (Å²) in [5.74, 6) is -1.14. The summed E-state index contributed by atoms with van der Waals surface area (Å²) in [6.07, 6.45) is 20.0. The first kappa shape index (κ1) is 28.9. The SMILES string of the molecule is CCCCCCCCCCCCCCCCCC(=O)N[C@@H](Cc1cccc2ccccc12)C(=O)O. The second-order valence-electron chi connectivity index (χ2n) is 10.0. The number of carbonyl (C=O) groups is 2. The molecule has 2 rings (SSSR count). The van der Waals surface area contributed by atoms with Crippen LogP contribution in [0.25, 0.3) is 10.8 Å². The lowest BCUT2D eigenvalue weighted by Crippen LogP contribution is -2.42. The molecule has 4 nitrogen and oxygen atoms in total. The molecule has 0 heterocycles. The second-order valence-corrected chi connectivity index (χ2v) is 10.0. The van der Waals surface area contributed by atoms with Crippen LogP contribution >= 0.6 is 0 Å². The van der Waals surface area contributed by atoms with Gasteiger partial charge in [0, 0.05) is 12.8 Å². The number of rotatable bonds is 20. The van der Waals surface area contributed by atoms with E-state index in [1.165, 1.54) is 77.0 Å². The maximum Gasteiger partial charge on any atom is 0.326 e. The fraction of sp³-hybridized carbons (Fsp3) is 0.613. The van der Waals surface area contributed by atoms with Crippen molar-refractivity contribution in [1.29, 1.82) is 0 Å². The molecule has 194 valence electrons. The number of hydrogen-bond acceptors (Lipinski definition) is 2. The van der Waals surface area contributed by atoms with Gasteiger partial charge in [0.05, 0.1) is 0 Å². The van der Waals surface area contributed by atoms with E-state index in [0.717, 1.165) is 35.6 Å². The molecule has 0 radical (unpaired) electrons. The van der Waals surface area contributed by atoms with Crippen molar-refractivity contribution in [2.45, 2.75) is 122 Å². The van der Waals surface area contributed by atoms with Gasteiger partial charge in [-0.25, -0.2) is 4.79 Å². The molecule has 0 saturated carbocycles. The van der Waals surface area contributed by atoms with Gasteiger partial charge >= 0.3 is 5.97 Å². The molecular weight excluding hydrogens is 434 g/mol. The highest BCUT2D eigenvalue weighted by atomic mass is 16.4. The number of hydrogen-bond donors (Lipinski definition) is 2. The molecule has 0 aliphatic heterocycles. The van der Waals surface area contributed by atoms with E-state index in [9.17, 15) is 14.7 Å².